The average molecular weight is 260 g/mol. The van der Waals surface area contributed by atoms with Crippen molar-refractivity contribution in [2.45, 2.75) is 8.42 Å². The molecule has 2 aromatic rings. The zero-order valence-electron chi connectivity index (χ0n) is 7.10. The predicted molar refractivity (Wildman–Crippen MR) is 69.2 cm³/mol. The van der Waals surface area contributed by atoms with Gasteiger partial charge in [0.05, 0.1) is 8.42 Å². The molecule has 2 heterocycles. The Balaban J connectivity index is 1.94. The van der Waals surface area contributed by atoms with Crippen molar-refractivity contribution >= 4 is 55.6 Å². The van der Waals surface area contributed by atoms with E-state index in [0.717, 1.165) is 11.4 Å². The Hall–Kier alpha value is -0.300. The molecule has 0 aliphatic heterocycles. The molecule has 4 N–H and O–H groups in total. The van der Waals surface area contributed by atoms with Gasteiger partial charge in [-0.25, -0.2) is 0 Å². The summed E-state index contributed by atoms with van der Waals surface area (Å²) >= 11 is 3.33. The lowest BCUT2D eigenvalue weighted by Gasteiger charge is -1.92. The van der Waals surface area contributed by atoms with E-state index in [0.29, 0.717) is 0 Å². The maximum Gasteiger partial charge on any atom is 0.0731 e. The first-order chi connectivity index (χ1) is 6.74. The second-order valence-corrected chi connectivity index (χ2v) is 7.12. The van der Waals surface area contributed by atoms with Gasteiger partial charge in [0, 0.05) is 22.1 Å². The quantitative estimate of drug-likeness (QED) is 0.825. The molecule has 0 aromatic carbocycles. The third kappa shape index (κ3) is 2.60. The number of anilines is 2. The molecule has 0 atom stereocenters. The Morgan fingerprint density at radius 1 is 0.857 bits per heavy atom. The molecule has 2 rings (SSSR count). The average Bonchev–Trinajstić information content (AvgIpc) is 2.72. The molecule has 0 saturated carbocycles. The Bertz CT molecular complexity index is 380. The van der Waals surface area contributed by atoms with Crippen molar-refractivity contribution < 1.29 is 0 Å². The second-order valence-electron chi connectivity index (χ2n) is 2.56. The highest BCUT2D eigenvalue weighted by Gasteiger charge is 2.02. The molecular formula is C8H8N2S4. The van der Waals surface area contributed by atoms with Gasteiger partial charge in [-0.1, -0.05) is 0 Å². The van der Waals surface area contributed by atoms with E-state index in [-0.39, 0.29) is 0 Å². The molecule has 2 nitrogen and oxygen atoms in total. The first-order valence-corrected chi connectivity index (χ1v) is 7.67. The van der Waals surface area contributed by atoms with Crippen molar-refractivity contribution in [3.63, 3.8) is 0 Å². The van der Waals surface area contributed by atoms with E-state index in [1.807, 2.05) is 22.9 Å². The third-order valence-corrected chi connectivity index (χ3v) is 6.56. The van der Waals surface area contributed by atoms with Gasteiger partial charge < -0.3 is 11.5 Å². The van der Waals surface area contributed by atoms with E-state index in [2.05, 4.69) is 0 Å². The smallest absolute Gasteiger partial charge is 0.0731 e. The minimum Gasteiger partial charge on any atom is -0.398 e. The molecule has 0 spiro atoms. The summed E-state index contributed by atoms with van der Waals surface area (Å²) in [5.74, 6) is 0. The van der Waals surface area contributed by atoms with Gasteiger partial charge >= 0.3 is 0 Å². The molecule has 0 amide bonds. The van der Waals surface area contributed by atoms with Gasteiger partial charge in [-0.05, 0) is 33.7 Å². The Labute approximate surface area is 98.1 Å². The van der Waals surface area contributed by atoms with Crippen LogP contribution in [-0.2, 0) is 0 Å². The lowest BCUT2D eigenvalue weighted by molar-refractivity contribution is 1.72. The summed E-state index contributed by atoms with van der Waals surface area (Å²) in [5, 5.41) is 3.90. The fraction of sp³-hybridized carbons (Fsp3) is 0. The van der Waals surface area contributed by atoms with Gasteiger partial charge in [0.25, 0.3) is 0 Å². The van der Waals surface area contributed by atoms with Crippen LogP contribution in [0.3, 0.4) is 0 Å². The second kappa shape index (κ2) is 4.48. The van der Waals surface area contributed by atoms with Crippen LogP contribution in [0.1, 0.15) is 0 Å². The van der Waals surface area contributed by atoms with E-state index >= 15 is 0 Å². The summed E-state index contributed by atoms with van der Waals surface area (Å²) in [5.41, 5.74) is 12.9. The summed E-state index contributed by atoms with van der Waals surface area (Å²) in [7, 11) is 3.44. The van der Waals surface area contributed by atoms with Crippen molar-refractivity contribution in [1.29, 1.82) is 0 Å². The maximum atomic E-state index is 5.62. The Morgan fingerprint density at radius 2 is 1.29 bits per heavy atom. The summed E-state index contributed by atoms with van der Waals surface area (Å²) in [6, 6.07) is 3.97. The van der Waals surface area contributed by atoms with Crippen LogP contribution in [0.5, 0.6) is 0 Å². The number of nitrogen functional groups attached to an aromatic ring is 2. The number of thiophene rings is 2. The van der Waals surface area contributed by atoms with Gasteiger partial charge in [0.1, 0.15) is 0 Å². The molecule has 0 bridgehead atoms. The lowest BCUT2D eigenvalue weighted by Crippen LogP contribution is -1.75. The van der Waals surface area contributed by atoms with Crippen LogP contribution in [-0.4, -0.2) is 0 Å². The van der Waals surface area contributed by atoms with Crippen LogP contribution < -0.4 is 11.5 Å². The molecule has 0 unspecified atom stereocenters. The molecule has 74 valence electrons. The number of hydrogen-bond acceptors (Lipinski definition) is 6. The van der Waals surface area contributed by atoms with E-state index < -0.39 is 0 Å². The first kappa shape index (κ1) is 10.2. The van der Waals surface area contributed by atoms with Crippen molar-refractivity contribution in [2.75, 3.05) is 11.5 Å². The van der Waals surface area contributed by atoms with Crippen LogP contribution in [0.4, 0.5) is 11.4 Å². The largest absolute Gasteiger partial charge is 0.398 e. The summed E-state index contributed by atoms with van der Waals surface area (Å²) in [6.07, 6.45) is 0. The van der Waals surface area contributed by atoms with Gasteiger partial charge in [0.2, 0.25) is 0 Å². The highest BCUT2D eigenvalue weighted by Crippen LogP contribution is 2.43. The standard InChI is InChI=1S/C8H8N2S4/c9-5-1-7(11-3-5)13-14-8-2-6(10)4-12-8/h1-4H,9-10H2. The predicted octanol–water partition coefficient (Wildman–Crippen LogP) is 3.77. The lowest BCUT2D eigenvalue weighted by atomic mass is 10.6. The third-order valence-electron chi connectivity index (χ3n) is 1.40. The summed E-state index contributed by atoms with van der Waals surface area (Å²) in [6.45, 7) is 0. The topological polar surface area (TPSA) is 52.0 Å². The number of rotatable bonds is 3. The molecule has 14 heavy (non-hydrogen) atoms. The minimum absolute atomic E-state index is 0.837. The zero-order chi connectivity index (χ0) is 9.97. The monoisotopic (exact) mass is 260 g/mol. The van der Waals surface area contributed by atoms with Crippen LogP contribution in [0, 0.1) is 0 Å². The molecule has 2 aromatic heterocycles. The van der Waals surface area contributed by atoms with Crippen molar-refractivity contribution in [2.24, 2.45) is 0 Å². The van der Waals surface area contributed by atoms with E-state index in [9.17, 15) is 0 Å². The van der Waals surface area contributed by atoms with Crippen molar-refractivity contribution in [3.05, 3.63) is 22.9 Å². The zero-order valence-corrected chi connectivity index (χ0v) is 10.4. The van der Waals surface area contributed by atoms with Crippen molar-refractivity contribution in [1.82, 2.24) is 0 Å². The Kier molecular flexibility index (Phi) is 3.27. The van der Waals surface area contributed by atoms with Crippen LogP contribution in [0.2, 0.25) is 0 Å². The van der Waals surface area contributed by atoms with Crippen LogP contribution in [0.25, 0.3) is 0 Å². The number of hydrogen-bond donors (Lipinski definition) is 2. The SMILES string of the molecule is Nc1csc(SSc2cc(N)cs2)c1. The van der Waals surface area contributed by atoms with Gasteiger partial charge in [-0.2, -0.15) is 0 Å². The van der Waals surface area contributed by atoms with Crippen molar-refractivity contribution in [3.8, 4) is 0 Å². The minimum atomic E-state index is 0.837. The van der Waals surface area contributed by atoms with E-state index in [4.69, 9.17) is 11.5 Å². The molecule has 0 fully saturated rings. The summed E-state index contributed by atoms with van der Waals surface area (Å²) < 4.78 is 2.44. The summed E-state index contributed by atoms with van der Waals surface area (Å²) in [4.78, 5) is 0. The fourth-order valence-electron chi connectivity index (χ4n) is 0.830. The van der Waals surface area contributed by atoms with E-state index in [1.165, 1.54) is 8.42 Å². The fourth-order valence-corrected chi connectivity index (χ4v) is 5.12. The normalized spacial score (nSPS) is 10.6. The highest BCUT2D eigenvalue weighted by molar-refractivity contribution is 8.77. The number of nitrogens with two attached hydrogens (primary N) is 2. The molecule has 0 saturated heterocycles. The van der Waals surface area contributed by atoms with Crippen LogP contribution >= 0.6 is 44.3 Å². The van der Waals surface area contributed by atoms with Gasteiger partial charge in [0.15, 0.2) is 0 Å². The van der Waals surface area contributed by atoms with Gasteiger partial charge in [-0.15, -0.1) is 22.7 Å². The highest BCUT2D eigenvalue weighted by atomic mass is 33.1. The molecule has 0 aliphatic carbocycles. The van der Waals surface area contributed by atoms with E-state index in [1.54, 1.807) is 44.3 Å². The Morgan fingerprint density at radius 3 is 1.57 bits per heavy atom. The molecule has 0 radical (unpaired) electrons. The first-order valence-electron chi connectivity index (χ1n) is 3.76. The van der Waals surface area contributed by atoms with Gasteiger partial charge in [-0.3, -0.25) is 0 Å². The molecule has 0 aliphatic rings. The maximum absolute atomic E-state index is 5.62. The van der Waals surface area contributed by atoms with Crippen LogP contribution in [0.15, 0.2) is 31.3 Å². The molecular weight excluding hydrogens is 252 g/mol. The molecule has 6 heteroatoms.